The molecule has 0 aliphatic carbocycles. The Morgan fingerprint density at radius 3 is 2.34 bits per heavy atom. The van der Waals surface area contributed by atoms with Crippen molar-refractivity contribution in [1.82, 2.24) is 15.3 Å². The highest BCUT2D eigenvalue weighted by molar-refractivity contribution is 7.17. The second-order valence-corrected chi connectivity index (χ2v) is 10.2. The van der Waals surface area contributed by atoms with Crippen molar-refractivity contribution in [3.8, 4) is 16.9 Å². The van der Waals surface area contributed by atoms with Crippen LogP contribution in [0.4, 0.5) is 5.82 Å². The number of hydrogen-bond acceptors (Lipinski definition) is 6. The Labute approximate surface area is 176 Å². The second-order valence-electron chi connectivity index (χ2n) is 9.32. The number of piperidine rings is 1. The van der Waals surface area contributed by atoms with Crippen LogP contribution >= 0.6 is 11.3 Å². The zero-order valence-corrected chi connectivity index (χ0v) is 18.9. The average molecular weight is 411 g/mol. The first-order chi connectivity index (χ1) is 13.7. The average Bonchev–Trinajstić information content (AvgIpc) is 3.03. The molecule has 1 aromatic carbocycles. The van der Waals surface area contributed by atoms with Gasteiger partial charge in [-0.3, -0.25) is 0 Å². The predicted octanol–water partition coefficient (Wildman–Crippen LogP) is 5.40. The van der Waals surface area contributed by atoms with E-state index >= 15 is 0 Å². The third-order valence-corrected chi connectivity index (χ3v) is 6.35. The van der Waals surface area contributed by atoms with Crippen LogP contribution in [0.2, 0.25) is 0 Å². The van der Waals surface area contributed by atoms with Crippen LogP contribution in [-0.2, 0) is 0 Å². The van der Waals surface area contributed by atoms with E-state index in [1.54, 1.807) is 18.4 Å². The van der Waals surface area contributed by atoms with Gasteiger partial charge in [0.25, 0.3) is 0 Å². The van der Waals surface area contributed by atoms with Crippen LogP contribution in [0.25, 0.3) is 21.3 Å². The van der Waals surface area contributed by atoms with Gasteiger partial charge >= 0.3 is 0 Å². The summed E-state index contributed by atoms with van der Waals surface area (Å²) in [6, 6.07) is 8.54. The molecule has 1 aliphatic rings. The first-order valence-corrected chi connectivity index (χ1v) is 11.0. The van der Waals surface area contributed by atoms with Crippen LogP contribution in [0, 0.1) is 6.92 Å². The molecule has 0 amide bonds. The highest BCUT2D eigenvalue weighted by Crippen LogP contribution is 2.39. The van der Waals surface area contributed by atoms with Gasteiger partial charge in [-0.05, 0) is 65.2 Å². The van der Waals surface area contributed by atoms with Crippen molar-refractivity contribution >= 4 is 27.4 Å². The lowest BCUT2D eigenvalue weighted by atomic mass is 9.79. The molecule has 0 saturated carbocycles. The number of fused-ring (bicyclic) bond motifs is 1. The molecule has 1 saturated heterocycles. The number of rotatable bonds is 4. The summed E-state index contributed by atoms with van der Waals surface area (Å²) >= 11 is 1.67. The molecule has 0 unspecified atom stereocenters. The number of anilines is 1. The minimum atomic E-state index is 0.0774. The maximum absolute atomic E-state index is 5.31. The molecule has 29 heavy (non-hydrogen) atoms. The third kappa shape index (κ3) is 4.23. The maximum Gasteiger partial charge on any atom is 0.139 e. The molecule has 6 heteroatoms. The van der Waals surface area contributed by atoms with E-state index in [0.717, 1.165) is 46.0 Å². The summed E-state index contributed by atoms with van der Waals surface area (Å²) in [7, 11) is 1.69. The lowest BCUT2D eigenvalue weighted by molar-refractivity contribution is 0.170. The summed E-state index contributed by atoms with van der Waals surface area (Å²) in [6.45, 7) is 11.1. The monoisotopic (exact) mass is 410 g/mol. The van der Waals surface area contributed by atoms with Crippen molar-refractivity contribution in [1.29, 1.82) is 0 Å². The Morgan fingerprint density at radius 1 is 1.07 bits per heavy atom. The summed E-state index contributed by atoms with van der Waals surface area (Å²) < 4.78 is 5.31. The Kier molecular flexibility index (Phi) is 5.03. The third-order valence-electron chi connectivity index (χ3n) is 5.48. The predicted molar refractivity (Wildman–Crippen MR) is 122 cm³/mol. The highest BCUT2D eigenvalue weighted by Gasteiger charge is 2.38. The Bertz CT molecular complexity index is 1010. The van der Waals surface area contributed by atoms with Gasteiger partial charge in [0, 0.05) is 28.1 Å². The molecule has 3 aromatic rings. The Hall–Kier alpha value is -2.18. The van der Waals surface area contributed by atoms with E-state index < -0.39 is 0 Å². The molecular weight excluding hydrogens is 380 g/mol. The van der Waals surface area contributed by atoms with Crippen LogP contribution in [0.5, 0.6) is 5.75 Å². The molecule has 0 bridgehead atoms. The molecular formula is C23H30N4OS. The number of aromatic nitrogens is 2. The van der Waals surface area contributed by atoms with E-state index in [-0.39, 0.29) is 11.1 Å². The topological polar surface area (TPSA) is 59.1 Å². The van der Waals surface area contributed by atoms with Crippen molar-refractivity contribution in [2.45, 2.75) is 64.6 Å². The summed E-state index contributed by atoms with van der Waals surface area (Å²) in [5.41, 5.74) is 2.48. The van der Waals surface area contributed by atoms with Crippen molar-refractivity contribution in [2.75, 3.05) is 12.4 Å². The number of nitrogens with one attached hydrogen (secondary N) is 2. The number of aryl methyl sites for hydroxylation is 1. The zero-order chi connectivity index (χ0) is 20.8. The van der Waals surface area contributed by atoms with E-state index in [4.69, 9.17) is 14.7 Å². The van der Waals surface area contributed by atoms with E-state index in [1.165, 1.54) is 5.56 Å². The summed E-state index contributed by atoms with van der Waals surface area (Å²) in [4.78, 5) is 10.5. The molecule has 3 heterocycles. The van der Waals surface area contributed by atoms with Crippen LogP contribution in [0.15, 0.2) is 29.6 Å². The molecule has 0 radical (unpaired) electrons. The number of ether oxygens (including phenoxy) is 1. The van der Waals surface area contributed by atoms with Crippen molar-refractivity contribution < 1.29 is 4.74 Å². The van der Waals surface area contributed by atoms with Crippen LogP contribution in [0.3, 0.4) is 0 Å². The molecule has 2 N–H and O–H groups in total. The lowest BCUT2D eigenvalue weighted by Gasteiger charge is -2.46. The summed E-state index contributed by atoms with van der Waals surface area (Å²) in [5.74, 6) is 2.60. The normalized spacial score (nSPS) is 18.7. The molecule has 0 atom stereocenters. The molecule has 0 spiro atoms. The number of thiophene rings is 1. The van der Waals surface area contributed by atoms with Crippen LogP contribution < -0.4 is 15.4 Å². The number of nitrogens with zero attached hydrogens (tertiary/aromatic N) is 2. The lowest BCUT2D eigenvalue weighted by Crippen LogP contribution is -2.60. The minimum Gasteiger partial charge on any atom is -0.497 e. The van der Waals surface area contributed by atoms with Crippen LogP contribution in [-0.4, -0.2) is 34.2 Å². The SMILES string of the molecule is COc1ccc(-c2csc3nc(C)nc(NC4CC(C)(C)NC(C)(C)C4)c23)cc1. The quantitative estimate of drug-likeness (QED) is 0.603. The Balaban J connectivity index is 1.74. The first-order valence-electron chi connectivity index (χ1n) is 10.1. The fraction of sp³-hybridized carbons (Fsp3) is 0.478. The van der Waals surface area contributed by atoms with Gasteiger partial charge in [0.2, 0.25) is 0 Å². The van der Waals surface area contributed by atoms with Crippen molar-refractivity contribution in [2.24, 2.45) is 0 Å². The van der Waals surface area contributed by atoms with Gasteiger partial charge in [0.05, 0.1) is 12.5 Å². The van der Waals surface area contributed by atoms with Gasteiger partial charge < -0.3 is 15.4 Å². The summed E-state index contributed by atoms with van der Waals surface area (Å²) in [6.07, 6.45) is 2.09. The minimum absolute atomic E-state index is 0.0774. The van der Waals surface area contributed by atoms with Gasteiger partial charge in [-0.15, -0.1) is 11.3 Å². The van der Waals surface area contributed by atoms with Crippen LogP contribution in [0.1, 0.15) is 46.4 Å². The van der Waals surface area contributed by atoms with E-state index in [9.17, 15) is 0 Å². The number of benzene rings is 1. The number of hydrogen-bond donors (Lipinski definition) is 2. The Morgan fingerprint density at radius 2 is 1.72 bits per heavy atom. The highest BCUT2D eigenvalue weighted by atomic mass is 32.1. The van der Waals surface area contributed by atoms with Gasteiger partial charge in [-0.1, -0.05) is 12.1 Å². The van der Waals surface area contributed by atoms with E-state index in [0.29, 0.717) is 6.04 Å². The molecule has 4 rings (SSSR count). The second kappa shape index (κ2) is 7.26. The fourth-order valence-corrected chi connectivity index (χ4v) is 5.75. The summed E-state index contributed by atoms with van der Waals surface area (Å²) in [5, 5.41) is 10.8. The standard InChI is InChI=1S/C23H30N4OS/c1-14-24-20(26-16-11-22(2,3)27-23(4,5)12-16)19-18(13-29-21(19)25-14)15-7-9-17(28-6)10-8-15/h7-10,13,16,27H,11-12H2,1-6H3,(H,24,25,26). The molecule has 154 valence electrons. The maximum atomic E-state index is 5.31. The van der Waals surface area contributed by atoms with E-state index in [2.05, 4.69) is 55.8 Å². The largest absolute Gasteiger partial charge is 0.497 e. The molecule has 1 aliphatic heterocycles. The fourth-order valence-electron chi connectivity index (χ4n) is 4.75. The van der Waals surface area contributed by atoms with E-state index in [1.807, 2.05) is 19.1 Å². The zero-order valence-electron chi connectivity index (χ0n) is 18.1. The smallest absolute Gasteiger partial charge is 0.139 e. The van der Waals surface area contributed by atoms with Crippen molar-refractivity contribution in [3.63, 3.8) is 0 Å². The first kappa shape index (κ1) is 20.1. The van der Waals surface area contributed by atoms with Gasteiger partial charge in [-0.2, -0.15) is 0 Å². The van der Waals surface area contributed by atoms with Gasteiger partial charge in [0.15, 0.2) is 0 Å². The number of methoxy groups -OCH3 is 1. The molecule has 1 fully saturated rings. The van der Waals surface area contributed by atoms with Gasteiger partial charge in [-0.25, -0.2) is 9.97 Å². The van der Waals surface area contributed by atoms with Gasteiger partial charge in [0.1, 0.15) is 22.2 Å². The molecule has 5 nitrogen and oxygen atoms in total. The van der Waals surface area contributed by atoms with Crippen molar-refractivity contribution in [3.05, 3.63) is 35.5 Å². The molecule has 2 aromatic heterocycles.